The van der Waals surface area contributed by atoms with Crippen molar-refractivity contribution >= 4 is 29.0 Å². The van der Waals surface area contributed by atoms with Gasteiger partial charge in [0.25, 0.3) is 5.91 Å². The van der Waals surface area contributed by atoms with E-state index in [0.29, 0.717) is 11.3 Å². The van der Waals surface area contributed by atoms with Crippen molar-refractivity contribution in [3.8, 4) is 0 Å². The van der Waals surface area contributed by atoms with Gasteiger partial charge in [-0.15, -0.1) is 0 Å². The number of nitrogens with zero attached hydrogens (tertiary/aromatic N) is 1. The van der Waals surface area contributed by atoms with Crippen LogP contribution < -0.4 is 16.1 Å². The fraction of sp³-hybridized carbons (Fsp3) is 0. The van der Waals surface area contributed by atoms with Crippen LogP contribution in [-0.4, -0.2) is 17.6 Å². The quantitative estimate of drug-likeness (QED) is 0.744. The Bertz CT molecular complexity index is 836. The molecule has 0 atom stereocenters. The lowest BCUT2D eigenvalue weighted by atomic mass is 10.1. The van der Waals surface area contributed by atoms with Crippen molar-refractivity contribution in [3.63, 3.8) is 0 Å². The summed E-state index contributed by atoms with van der Waals surface area (Å²) >= 11 is 0. The third-order valence-corrected chi connectivity index (χ3v) is 3.09. The van der Waals surface area contributed by atoms with E-state index in [1.807, 2.05) is 0 Å². The molecule has 0 bridgehead atoms. The second-order valence-corrected chi connectivity index (χ2v) is 4.65. The van der Waals surface area contributed by atoms with Crippen LogP contribution in [0.2, 0.25) is 0 Å². The Morgan fingerprint density at radius 1 is 1.09 bits per heavy atom. The predicted molar refractivity (Wildman–Crippen MR) is 80.1 cm³/mol. The van der Waals surface area contributed by atoms with Crippen LogP contribution in [0.1, 0.15) is 5.56 Å². The van der Waals surface area contributed by atoms with E-state index in [-0.39, 0.29) is 11.4 Å². The summed E-state index contributed by atoms with van der Waals surface area (Å²) in [6.45, 7) is 0. The van der Waals surface area contributed by atoms with Gasteiger partial charge in [0.2, 0.25) is 0 Å². The fourth-order valence-electron chi connectivity index (χ4n) is 2.05. The molecule has 0 unspecified atom stereocenters. The first-order valence-corrected chi connectivity index (χ1v) is 6.55. The summed E-state index contributed by atoms with van der Waals surface area (Å²) < 4.78 is 25.9. The van der Waals surface area contributed by atoms with E-state index in [2.05, 4.69) is 21.2 Å². The molecule has 3 amide bonds. The number of urea groups is 1. The topological polar surface area (TPSA) is 82.6 Å². The Hall–Kier alpha value is -3.29. The molecule has 8 heteroatoms. The van der Waals surface area contributed by atoms with Crippen LogP contribution in [0, 0.1) is 11.6 Å². The van der Waals surface area contributed by atoms with Crippen LogP contribution in [0.25, 0.3) is 0 Å². The summed E-state index contributed by atoms with van der Waals surface area (Å²) in [6.07, 6.45) is 0. The number of hydrazone groups is 1. The molecular weight excluding hydrogens is 306 g/mol. The Balaban J connectivity index is 1.71. The van der Waals surface area contributed by atoms with Crippen LogP contribution in [0.5, 0.6) is 0 Å². The van der Waals surface area contributed by atoms with Crippen molar-refractivity contribution in [1.29, 1.82) is 0 Å². The van der Waals surface area contributed by atoms with E-state index in [1.165, 1.54) is 6.07 Å². The summed E-state index contributed by atoms with van der Waals surface area (Å²) in [5, 5.41) is 8.64. The number of carbonyl (C=O) groups is 2. The molecule has 0 aliphatic carbocycles. The van der Waals surface area contributed by atoms with E-state index in [4.69, 9.17) is 0 Å². The lowest BCUT2D eigenvalue weighted by molar-refractivity contribution is -0.110. The minimum atomic E-state index is -1.08. The average molecular weight is 316 g/mol. The Labute approximate surface area is 129 Å². The van der Waals surface area contributed by atoms with Gasteiger partial charge in [-0.2, -0.15) is 5.10 Å². The number of benzene rings is 2. The summed E-state index contributed by atoms with van der Waals surface area (Å²) in [6, 6.07) is 9.00. The molecule has 2 aromatic carbocycles. The highest BCUT2D eigenvalue weighted by molar-refractivity contribution is 6.53. The second kappa shape index (κ2) is 5.84. The Morgan fingerprint density at radius 2 is 1.87 bits per heavy atom. The zero-order valence-corrected chi connectivity index (χ0v) is 11.6. The molecule has 6 nitrogen and oxygen atoms in total. The first kappa shape index (κ1) is 14.6. The van der Waals surface area contributed by atoms with Crippen molar-refractivity contribution in [2.24, 2.45) is 5.10 Å². The number of carbonyl (C=O) groups excluding carboxylic acids is 2. The fourth-order valence-corrected chi connectivity index (χ4v) is 2.05. The molecule has 2 aromatic rings. The van der Waals surface area contributed by atoms with Gasteiger partial charge in [0, 0.05) is 17.3 Å². The number of para-hydroxylation sites is 1. The number of anilines is 2. The molecule has 3 N–H and O–H groups in total. The molecule has 0 aromatic heterocycles. The third-order valence-electron chi connectivity index (χ3n) is 3.09. The maximum atomic E-state index is 13.1. The maximum Gasteiger partial charge on any atom is 0.339 e. The minimum absolute atomic E-state index is 0.0536. The number of amides is 3. The molecule has 3 rings (SSSR count). The monoisotopic (exact) mass is 316 g/mol. The number of halogens is 2. The zero-order chi connectivity index (χ0) is 16.4. The van der Waals surface area contributed by atoms with Crippen molar-refractivity contribution in [2.75, 3.05) is 10.6 Å². The van der Waals surface area contributed by atoms with E-state index < -0.39 is 23.6 Å². The zero-order valence-electron chi connectivity index (χ0n) is 11.6. The maximum absolute atomic E-state index is 13.1. The number of nitrogens with one attached hydrogen (secondary N) is 3. The van der Waals surface area contributed by atoms with Crippen LogP contribution >= 0.6 is 0 Å². The van der Waals surface area contributed by atoms with Gasteiger partial charge in [0.05, 0.1) is 5.69 Å². The normalized spacial score (nSPS) is 14.3. The molecule has 1 aliphatic rings. The molecular formula is C15H10F2N4O2. The highest BCUT2D eigenvalue weighted by Gasteiger charge is 2.25. The second-order valence-electron chi connectivity index (χ2n) is 4.65. The molecule has 0 spiro atoms. The van der Waals surface area contributed by atoms with Crippen LogP contribution in [0.15, 0.2) is 47.6 Å². The van der Waals surface area contributed by atoms with Crippen molar-refractivity contribution in [1.82, 2.24) is 5.43 Å². The first-order chi connectivity index (χ1) is 11.0. The molecule has 23 heavy (non-hydrogen) atoms. The summed E-state index contributed by atoms with van der Waals surface area (Å²) in [5.41, 5.74) is 3.41. The average Bonchev–Trinajstić information content (AvgIpc) is 2.84. The van der Waals surface area contributed by atoms with Crippen molar-refractivity contribution in [3.05, 3.63) is 59.7 Å². The van der Waals surface area contributed by atoms with E-state index >= 15 is 0 Å². The number of fused-ring (bicyclic) bond motifs is 1. The first-order valence-electron chi connectivity index (χ1n) is 6.55. The SMILES string of the molecule is O=C(NN=C1C(=O)Nc2ccccc21)Nc1ccc(F)c(F)c1. The van der Waals surface area contributed by atoms with E-state index in [9.17, 15) is 18.4 Å². The largest absolute Gasteiger partial charge is 0.339 e. The molecule has 0 fully saturated rings. The van der Waals surface area contributed by atoms with Crippen LogP contribution in [-0.2, 0) is 4.79 Å². The van der Waals surface area contributed by atoms with Gasteiger partial charge < -0.3 is 10.6 Å². The summed E-state index contributed by atoms with van der Waals surface area (Å²) in [4.78, 5) is 23.5. The molecule has 0 saturated carbocycles. The van der Waals surface area contributed by atoms with Gasteiger partial charge in [-0.3, -0.25) is 4.79 Å². The number of hydrogen-bond donors (Lipinski definition) is 3. The summed E-state index contributed by atoms with van der Waals surface area (Å²) in [5.74, 6) is -2.55. The minimum Gasteiger partial charge on any atom is -0.320 e. The highest BCUT2D eigenvalue weighted by atomic mass is 19.2. The van der Waals surface area contributed by atoms with Gasteiger partial charge >= 0.3 is 6.03 Å². The summed E-state index contributed by atoms with van der Waals surface area (Å²) in [7, 11) is 0. The van der Waals surface area contributed by atoms with Crippen molar-refractivity contribution < 1.29 is 18.4 Å². The standard InChI is InChI=1S/C15H10F2N4O2/c16-10-6-5-8(7-11(10)17)18-15(23)21-20-13-9-3-1-2-4-12(9)19-14(13)22/h1-7H,(H2,18,21,23)(H,19,20,22). The number of rotatable bonds is 2. The lowest BCUT2D eigenvalue weighted by Crippen LogP contribution is -2.27. The van der Waals surface area contributed by atoms with E-state index in [0.717, 1.165) is 12.1 Å². The van der Waals surface area contributed by atoms with Gasteiger partial charge in [-0.05, 0) is 18.2 Å². The molecule has 1 heterocycles. The lowest BCUT2D eigenvalue weighted by Gasteiger charge is -2.05. The van der Waals surface area contributed by atoms with Gasteiger partial charge in [-0.25, -0.2) is 19.0 Å². The third kappa shape index (κ3) is 3.00. The van der Waals surface area contributed by atoms with Gasteiger partial charge in [-0.1, -0.05) is 18.2 Å². The molecule has 0 radical (unpaired) electrons. The predicted octanol–water partition coefficient (Wildman–Crippen LogP) is 2.44. The van der Waals surface area contributed by atoms with Crippen LogP contribution in [0.4, 0.5) is 25.0 Å². The number of hydrogen-bond acceptors (Lipinski definition) is 3. The highest BCUT2D eigenvalue weighted by Crippen LogP contribution is 2.22. The Kier molecular flexibility index (Phi) is 3.71. The molecule has 0 saturated heterocycles. The molecule has 1 aliphatic heterocycles. The van der Waals surface area contributed by atoms with E-state index in [1.54, 1.807) is 24.3 Å². The van der Waals surface area contributed by atoms with Gasteiger partial charge in [0.1, 0.15) is 0 Å². The molecule has 116 valence electrons. The van der Waals surface area contributed by atoms with Crippen molar-refractivity contribution in [2.45, 2.75) is 0 Å². The smallest absolute Gasteiger partial charge is 0.320 e. The van der Waals surface area contributed by atoms with Crippen LogP contribution in [0.3, 0.4) is 0 Å². The Morgan fingerprint density at radius 3 is 2.65 bits per heavy atom. The van der Waals surface area contributed by atoms with Gasteiger partial charge in [0.15, 0.2) is 17.3 Å².